The van der Waals surface area contributed by atoms with Gasteiger partial charge in [-0.2, -0.15) is 10.2 Å². The van der Waals surface area contributed by atoms with Crippen LogP contribution in [0.25, 0.3) is 0 Å². The maximum Gasteiger partial charge on any atom is 0.229 e. The van der Waals surface area contributed by atoms with Crippen LogP contribution in [0.5, 0.6) is 0 Å². The molecule has 136 valence electrons. The topological polar surface area (TPSA) is 90.9 Å². The van der Waals surface area contributed by atoms with Crippen molar-refractivity contribution in [2.45, 2.75) is 20.8 Å². The van der Waals surface area contributed by atoms with Gasteiger partial charge in [-0.05, 0) is 56.2 Å². The van der Waals surface area contributed by atoms with E-state index in [1.807, 2.05) is 20.8 Å². The minimum absolute atomic E-state index is 0.260. The molecule has 0 bridgehead atoms. The van der Waals surface area contributed by atoms with Gasteiger partial charge < -0.3 is 11.1 Å². The first-order valence-electron chi connectivity index (χ1n) is 8.32. The lowest BCUT2D eigenvalue weighted by atomic mass is 10.0. The van der Waals surface area contributed by atoms with Crippen LogP contribution >= 0.6 is 11.8 Å². The molecule has 3 aromatic rings. The molecular weight excluding hydrogens is 360 g/mol. The highest BCUT2D eigenvalue weighted by atomic mass is 35.5. The Kier molecular flexibility index (Phi) is 5.15. The molecule has 1 heterocycles. The minimum atomic E-state index is 0.260. The lowest BCUT2D eigenvalue weighted by Crippen LogP contribution is -2.11. The third-order valence-corrected chi connectivity index (χ3v) is 4.46. The summed E-state index contributed by atoms with van der Waals surface area (Å²) in [4.78, 5) is 8.61. The van der Waals surface area contributed by atoms with E-state index in [9.17, 15) is 0 Å². The van der Waals surface area contributed by atoms with Gasteiger partial charge in [0.05, 0.1) is 23.5 Å². The molecule has 0 aliphatic rings. The van der Waals surface area contributed by atoms with Crippen LogP contribution in [0.1, 0.15) is 22.3 Å². The van der Waals surface area contributed by atoms with Crippen molar-refractivity contribution in [2.24, 2.45) is 0 Å². The van der Waals surface area contributed by atoms with Gasteiger partial charge in [-0.15, -0.1) is 0 Å². The highest BCUT2D eigenvalue weighted by Crippen LogP contribution is 2.36. The predicted octanol–water partition coefficient (Wildman–Crippen LogP) is 4.89. The second-order valence-electron chi connectivity index (χ2n) is 6.31. The van der Waals surface area contributed by atoms with Crippen molar-refractivity contribution in [1.82, 2.24) is 9.97 Å². The third kappa shape index (κ3) is 3.94. The zero-order chi connectivity index (χ0) is 19.6. The largest absolute Gasteiger partial charge is 0.382 e. The molecule has 1 aromatic heterocycles. The number of rotatable bonds is 4. The Hall–Kier alpha value is -3.30. The van der Waals surface area contributed by atoms with Crippen LogP contribution in [0.2, 0.25) is 0 Å². The number of benzene rings is 2. The van der Waals surface area contributed by atoms with Gasteiger partial charge in [-0.25, -0.2) is 9.40 Å². The number of nitrogens with zero attached hydrogens (tertiary/aromatic N) is 4. The molecule has 0 fully saturated rings. The van der Waals surface area contributed by atoms with E-state index >= 15 is 0 Å². The van der Waals surface area contributed by atoms with Gasteiger partial charge in [0.1, 0.15) is 5.69 Å². The first-order valence-corrected chi connectivity index (χ1v) is 8.66. The Morgan fingerprint density at radius 1 is 1.11 bits per heavy atom. The van der Waals surface area contributed by atoms with E-state index in [2.05, 4.69) is 33.5 Å². The molecule has 27 heavy (non-hydrogen) atoms. The molecule has 0 aliphatic heterocycles. The summed E-state index contributed by atoms with van der Waals surface area (Å²) >= 11 is 6.57. The van der Waals surface area contributed by atoms with Crippen LogP contribution in [0, 0.1) is 32.1 Å². The Morgan fingerprint density at radius 2 is 1.74 bits per heavy atom. The van der Waals surface area contributed by atoms with Crippen LogP contribution in [-0.2, 0) is 0 Å². The Morgan fingerprint density at radius 3 is 2.30 bits per heavy atom. The standard InChI is InChI=1S/C20H19ClN6/c1-12-8-13(2)18(14(3)9-12)27(21)17-11-24-20(26-19(17)23)25-16-6-4-15(10-22)5-7-16/h4-9,11H,1-3H3,(H3,23,24,25,26). The van der Waals surface area contributed by atoms with Crippen molar-refractivity contribution < 1.29 is 0 Å². The van der Waals surface area contributed by atoms with Gasteiger partial charge in [0.25, 0.3) is 0 Å². The van der Waals surface area contributed by atoms with Gasteiger partial charge in [-0.1, -0.05) is 17.7 Å². The molecule has 3 rings (SSSR count). The van der Waals surface area contributed by atoms with Crippen LogP contribution in [0.3, 0.4) is 0 Å². The molecule has 0 saturated heterocycles. The van der Waals surface area contributed by atoms with Crippen molar-refractivity contribution in [3.05, 3.63) is 64.8 Å². The van der Waals surface area contributed by atoms with Crippen LogP contribution in [-0.4, -0.2) is 9.97 Å². The van der Waals surface area contributed by atoms with E-state index in [1.165, 1.54) is 9.98 Å². The highest BCUT2D eigenvalue weighted by Gasteiger charge is 2.17. The Bertz CT molecular complexity index is 1000. The summed E-state index contributed by atoms with van der Waals surface area (Å²) in [6, 6.07) is 13.2. The summed E-state index contributed by atoms with van der Waals surface area (Å²) in [7, 11) is 0. The summed E-state index contributed by atoms with van der Waals surface area (Å²) in [6.45, 7) is 6.05. The molecule has 0 saturated carbocycles. The normalized spacial score (nSPS) is 10.3. The number of anilines is 5. The monoisotopic (exact) mass is 378 g/mol. The van der Waals surface area contributed by atoms with E-state index in [0.717, 1.165) is 22.5 Å². The number of nitriles is 1. The summed E-state index contributed by atoms with van der Waals surface area (Å²) < 4.78 is 1.49. The van der Waals surface area contributed by atoms with Gasteiger partial charge in [0.2, 0.25) is 5.95 Å². The molecule has 0 aliphatic carbocycles. The van der Waals surface area contributed by atoms with Crippen LogP contribution < -0.4 is 15.5 Å². The van der Waals surface area contributed by atoms with Crippen molar-refractivity contribution in [2.75, 3.05) is 15.5 Å². The number of aromatic nitrogens is 2. The number of aryl methyl sites for hydroxylation is 3. The van der Waals surface area contributed by atoms with Gasteiger partial charge in [-0.3, -0.25) is 0 Å². The maximum atomic E-state index is 8.86. The van der Waals surface area contributed by atoms with Crippen molar-refractivity contribution >= 4 is 40.6 Å². The third-order valence-electron chi connectivity index (χ3n) is 4.11. The van der Waals surface area contributed by atoms with E-state index < -0.39 is 0 Å². The Balaban J connectivity index is 1.87. The molecule has 7 heteroatoms. The van der Waals surface area contributed by atoms with Crippen molar-refractivity contribution in [3.63, 3.8) is 0 Å². The minimum Gasteiger partial charge on any atom is -0.382 e. The van der Waals surface area contributed by atoms with Crippen molar-refractivity contribution in [3.8, 4) is 6.07 Å². The molecule has 0 atom stereocenters. The number of nitrogens with two attached hydrogens (primary N) is 1. The van der Waals surface area contributed by atoms with E-state index in [-0.39, 0.29) is 5.82 Å². The fourth-order valence-corrected chi connectivity index (χ4v) is 3.36. The number of hydrogen-bond donors (Lipinski definition) is 2. The summed E-state index contributed by atoms with van der Waals surface area (Å²) in [5.41, 5.74) is 12.1. The second-order valence-corrected chi connectivity index (χ2v) is 6.64. The molecule has 0 amide bonds. The zero-order valence-corrected chi connectivity index (χ0v) is 16.0. The number of nitrogen functional groups attached to an aromatic ring is 1. The van der Waals surface area contributed by atoms with Gasteiger partial charge >= 0.3 is 0 Å². The Labute approximate surface area is 163 Å². The van der Waals surface area contributed by atoms with Crippen molar-refractivity contribution in [1.29, 1.82) is 5.26 Å². The summed E-state index contributed by atoms with van der Waals surface area (Å²) in [6.07, 6.45) is 1.58. The summed E-state index contributed by atoms with van der Waals surface area (Å²) in [5, 5.41) is 11.9. The lowest BCUT2D eigenvalue weighted by Gasteiger charge is -2.22. The fourth-order valence-electron chi connectivity index (χ4n) is 2.96. The molecule has 0 radical (unpaired) electrons. The first kappa shape index (κ1) is 18.5. The van der Waals surface area contributed by atoms with Crippen LogP contribution in [0.15, 0.2) is 42.6 Å². The molecule has 0 spiro atoms. The molecule has 3 N–H and O–H groups in total. The van der Waals surface area contributed by atoms with Gasteiger partial charge in [0.15, 0.2) is 5.82 Å². The summed E-state index contributed by atoms with van der Waals surface area (Å²) in [5.74, 6) is 0.610. The second kappa shape index (κ2) is 7.52. The first-order chi connectivity index (χ1) is 12.9. The maximum absolute atomic E-state index is 8.86. The van der Waals surface area contributed by atoms with Gasteiger partial charge in [0, 0.05) is 17.5 Å². The zero-order valence-electron chi connectivity index (χ0n) is 15.3. The number of halogens is 1. The molecule has 2 aromatic carbocycles. The fraction of sp³-hybridized carbons (Fsp3) is 0.150. The average molecular weight is 379 g/mol. The van der Waals surface area contributed by atoms with E-state index in [1.54, 1.807) is 30.5 Å². The van der Waals surface area contributed by atoms with Crippen LogP contribution in [0.4, 0.5) is 28.8 Å². The number of hydrogen-bond acceptors (Lipinski definition) is 6. The lowest BCUT2D eigenvalue weighted by molar-refractivity contribution is 1.15. The molecule has 0 unspecified atom stereocenters. The molecule has 6 nitrogen and oxygen atoms in total. The molecular formula is C20H19ClN6. The quantitative estimate of drug-likeness (QED) is 0.628. The number of nitrogens with one attached hydrogen (secondary N) is 1. The van der Waals surface area contributed by atoms with E-state index in [4.69, 9.17) is 22.8 Å². The predicted molar refractivity (Wildman–Crippen MR) is 110 cm³/mol. The SMILES string of the molecule is Cc1cc(C)c(N(Cl)c2cnc(Nc3ccc(C#N)cc3)nc2N)c(C)c1. The van der Waals surface area contributed by atoms with E-state index in [0.29, 0.717) is 17.2 Å². The smallest absolute Gasteiger partial charge is 0.229 e. The highest BCUT2D eigenvalue weighted by molar-refractivity contribution is 6.30. The average Bonchev–Trinajstić information content (AvgIpc) is 2.61.